The molecule has 5 nitrogen and oxygen atoms in total. The second-order valence-corrected chi connectivity index (χ2v) is 6.17. The molecule has 1 aliphatic heterocycles. The fraction of sp³-hybridized carbons (Fsp3) is 0.857. The molecule has 1 fully saturated rings. The van der Waals surface area contributed by atoms with Gasteiger partial charge in [0, 0.05) is 26.1 Å². The second-order valence-electron chi connectivity index (χ2n) is 6.17. The lowest BCUT2D eigenvalue weighted by Crippen LogP contribution is -2.52. The predicted molar refractivity (Wildman–Crippen MR) is 73.7 cm³/mol. The van der Waals surface area contributed by atoms with Crippen molar-refractivity contribution in [1.29, 1.82) is 0 Å². The highest BCUT2D eigenvalue weighted by atomic mass is 16.5. The molecule has 110 valence electrons. The number of nitrogens with one attached hydrogen (secondary N) is 1. The lowest BCUT2D eigenvalue weighted by atomic mass is 9.86. The van der Waals surface area contributed by atoms with Crippen molar-refractivity contribution in [2.75, 3.05) is 19.7 Å². The first kappa shape index (κ1) is 16.0. The van der Waals surface area contributed by atoms with Gasteiger partial charge in [-0.15, -0.1) is 0 Å². The van der Waals surface area contributed by atoms with E-state index in [0.29, 0.717) is 26.1 Å². The molecule has 0 saturated carbocycles. The maximum absolute atomic E-state index is 12.5. The lowest BCUT2D eigenvalue weighted by Gasteiger charge is -2.33. The van der Waals surface area contributed by atoms with Gasteiger partial charge in [-0.05, 0) is 19.3 Å². The third-order valence-electron chi connectivity index (χ3n) is 3.27. The van der Waals surface area contributed by atoms with E-state index in [2.05, 4.69) is 5.32 Å². The first-order valence-electron chi connectivity index (χ1n) is 6.95. The highest BCUT2D eigenvalue weighted by Gasteiger charge is 2.38. The van der Waals surface area contributed by atoms with Gasteiger partial charge in [0.15, 0.2) is 0 Å². The van der Waals surface area contributed by atoms with Gasteiger partial charge in [-0.1, -0.05) is 20.8 Å². The number of amides is 2. The molecule has 0 spiro atoms. The first-order chi connectivity index (χ1) is 8.75. The van der Waals surface area contributed by atoms with E-state index in [0.717, 1.165) is 0 Å². The number of carbonyl (C=O) groups is 2. The van der Waals surface area contributed by atoms with Gasteiger partial charge in [-0.2, -0.15) is 0 Å². The van der Waals surface area contributed by atoms with Crippen LogP contribution in [0, 0.1) is 5.41 Å². The largest absolute Gasteiger partial charge is 0.377 e. The minimum absolute atomic E-state index is 0.00935. The van der Waals surface area contributed by atoms with E-state index in [-0.39, 0.29) is 23.3 Å². The average molecular weight is 270 g/mol. The first-order valence-corrected chi connectivity index (χ1v) is 6.95. The van der Waals surface area contributed by atoms with E-state index in [1.807, 2.05) is 34.6 Å². The van der Waals surface area contributed by atoms with Crippen LogP contribution in [0.4, 0.5) is 0 Å². The van der Waals surface area contributed by atoms with Gasteiger partial charge >= 0.3 is 0 Å². The summed E-state index contributed by atoms with van der Waals surface area (Å²) < 4.78 is 5.48. The van der Waals surface area contributed by atoms with Gasteiger partial charge in [0.1, 0.15) is 6.04 Å². The topological polar surface area (TPSA) is 58.6 Å². The molecule has 0 bridgehead atoms. The summed E-state index contributed by atoms with van der Waals surface area (Å²) in [5, 5.41) is 2.83. The standard InChI is InChI=1S/C14H26N2O3/c1-6-19-10(2)9-16-8-7-11(17)15-12(13(16)18)14(3,4)5/h10,12H,6-9H2,1-5H3,(H,15,17). The van der Waals surface area contributed by atoms with Crippen molar-refractivity contribution < 1.29 is 14.3 Å². The van der Waals surface area contributed by atoms with Crippen LogP contribution in [0.25, 0.3) is 0 Å². The Morgan fingerprint density at radius 1 is 1.42 bits per heavy atom. The molecular formula is C14H26N2O3. The van der Waals surface area contributed by atoms with Crippen LogP contribution < -0.4 is 5.32 Å². The number of hydrogen-bond acceptors (Lipinski definition) is 3. The van der Waals surface area contributed by atoms with E-state index in [9.17, 15) is 9.59 Å². The Labute approximate surface area is 115 Å². The zero-order valence-electron chi connectivity index (χ0n) is 12.7. The molecule has 0 aromatic carbocycles. The molecule has 1 heterocycles. The van der Waals surface area contributed by atoms with Crippen LogP contribution in [0.2, 0.25) is 0 Å². The molecule has 5 heteroatoms. The van der Waals surface area contributed by atoms with Gasteiger partial charge in [0.2, 0.25) is 11.8 Å². The predicted octanol–water partition coefficient (Wildman–Crippen LogP) is 1.17. The average Bonchev–Trinajstić information content (AvgIpc) is 2.41. The molecular weight excluding hydrogens is 244 g/mol. The lowest BCUT2D eigenvalue weighted by molar-refractivity contribution is -0.137. The summed E-state index contributed by atoms with van der Waals surface area (Å²) in [4.78, 5) is 26.0. The Kier molecular flexibility index (Phi) is 5.35. The fourth-order valence-electron chi connectivity index (χ4n) is 2.24. The summed E-state index contributed by atoms with van der Waals surface area (Å²) >= 11 is 0. The van der Waals surface area contributed by atoms with Gasteiger partial charge in [-0.25, -0.2) is 0 Å². The summed E-state index contributed by atoms with van der Waals surface area (Å²) in [7, 11) is 0. The van der Waals surface area contributed by atoms with E-state index in [4.69, 9.17) is 4.74 Å². The molecule has 1 N–H and O–H groups in total. The van der Waals surface area contributed by atoms with Crippen LogP contribution in [0.5, 0.6) is 0 Å². The molecule has 0 aromatic heterocycles. The SMILES string of the molecule is CCOC(C)CN1CCC(=O)NC(C(C)(C)C)C1=O. The van der Waals surface area contributed by atoms with E-state index < -0.39 is 6.04 Å². The normalized spacial score (nSPS) is 23.0. The highest BCUT2D eigenvalue weighted by molar-refractivity contribution is 5.90. The molecule has 19 heavy (non-hydrogen) atoms. The number of carbonyl (C=O) groups excluding carboxylic acids is 2. The monoisotopic (exact) mass is 270 g/mol. The smallest absolute Gasteiger partial charge is 0.245 e. The summed E-state index contributed by atoms with van der Waals surface area (Å²) in [6.07, 6.45) is 0.347. The summed E-state index contributed by atoms with van der Waals surface area (Å²) in [6.45, 7) is 11.4. The molecule has 1 rings (SSSR count). The van der Waals surface area contributed by atoms with Crippen molar-refractivity contribution in [2.45, 2.75) is 53.2 Å². The van der Waals surface area contributed by atoms with Crippen LogP contribution in [0.3, 0.4) is 0 Å². The molecule has 0 radical (unpaired) electrons. The Morgan fingerprint density at radius 2 is 2.05 bits per heavy atom. The highest BCUT2D eigenvalue weighted by Crippen LogP contribution is 2.23. The van der Waals surface area contributed by atoms with Crippen molar-refractivity contribution >= 4 is 11.8 Å². The van der Waals surface area contributed by atoms with E-state index >= 15 is 0 Å². The van der Waals surface area contributed by atoms with Crippen molar-refractivity contribution in [3.05, 3.63) is 0 Å². The molecule has 0 aromatic rings. The van der Waals surface area contributed by atoms with Gasteiger partial charge in [0.25, 0.3) is 0 Å². The summed E-state index contributed by atoms with van der Waals surface area (Å²) in [6, 6.07) is -0.462. The number of nitrogens with zero attached hydrogens (tertiary/aromatic N) is 1. The molecule has 0 aliphatic carbocycles. The minimum atomic E-state index is -0.462. The zero-order chi connectivity index (χ0) is 14.6. The third-order valence-corrected chi connectivity index (χ3v) is 3.27. The van der Waals surface area contributed by atoms with Crippen molar-refractivity contribution in [2.24, 2.45) is 5.41 Å². The van der Waals surface area contributed by atoms with Gasteiger partial charge in [-0.3, -0.25) is 9.59 Å². The molecule has 2 unspecified atom stereocenters. The Hall–Kier alpha value is -1.10. The maximum Gasteiger partial charge on any atom is 0.245 e. The summed E-state index contributed by atoms with van der Waals surface area (Å²) in [5.74, 6) is -0.0651. The number of ether oxygens (including phenoxy) is 1. The van der Waals surface area contributed by atoms with Crippen molar-refractivity contribution in [3.8, 4) is 0 Å². The van der Waals surface area contributed by atoms with Crippen molar-refractivity contribution in [1.82, 2.24) is 10.2 Å². The number of rotatable bonds is 4. The summed E-state index contributed by atoms with van der Waals surface area (Å²) in [5.41, 5.74) is -0.288. The van der Waals surface area contributed by atoms with Crippen LogP contribution in [-0.2, 0) is 14.3 Å². The zero-order valence-corrected chi connectivity index (χ0v) is 12.7. The Balaban J connectivity index is 2.81. The fourth-order valence-corrected chi connectivity index (χ4v) is 2.24. The molecule has 2 atom stereocenters. The van der Waals surface area contributed by atoms with E-state index in [1.54, 1.807) is 4.90 Å². The Bertz CT molecular complexity index is 336. The quantitative estimate of drug-likeness (QED) is 0.834. The van der Waals surface area contributed by atoms with Crippen LogP contribution >= 0.6 is 0 Å². The minimum Gasteiger partial charge on any atom is -0.377 e. The third kappa shape index (κ3) is 4.49. The van der Waals surface area contributed by atoms with Crippen LogP contribution in [0.15, 0.2) is 0 Å². The second kappa shape index (κ2) is 6.37. The molecule has 2 amide bonds. The van der Waals surface area contributed by atoms with Gasteiger partial charge < -0.3 is 15.0 Å². The Morgan fingerprint density at radius 3 is 2.58 bits per heavy atom. The number of hydrogen-bond donors (Lipinski definition) is 1. The van der Waals surface area contributed by atoms with E-state index in [1.165, 1.54) is 0 Å². The van der Waals surface area contributed by atoms with Crippen LogP contribution in [-0.4, -0.2) is 48.6 Å². The maximum atomic E-state index is 12.5. The molecule has 1 aliphatic rings. The molecule has 1 saturated heterocycles. The van der Waals surface area contributed by atoms with Crippen LogP contribution in [0.1, 0.15) is 41.0 Å². The van der Waals surface area contributed by atoms with Crippen molar-refractivity contribution in [3.63, 3.8) is 0 Å². The van der Waals surface area contributed by atoms with Gasteiger partial charge in [0.05, 0.1) is 6.10 Å².